The number of carbonyl (C=O) groups excluding carboxylic acids is 1. The number of hydrogen-bond donors (Lipinski definition) is 2. The predicted molar refractivity (Wildman–Crippen MR) is 119 cm³/mol. The highest BCUT2D eigenvalue weighted by Crippen LogP contribution is 2.24. The normalized spacial score (nSPS) is 8.85. The minimum atomic E-state index is 0.626. The third-order valence-electron chi connectivity index (χ3n) is 2.70. The molecule has 0 aliphatic heterocycles. The summed E-state index contributed by atoms with van der Waals surface area (Å²) in [4.78, 5) is 14.5. The van der Waals surface area contributed by atoms with Gasteiger partial charge in [0.1, 0.15) is 0 Å². The van der Waals surface area contributed by atoms with Crippen molar-refractivity contribution in [3.63, 3.8) is 0 Å². The maximum Gasteiger partial charge on any atom is 0.213 e. The van der Waals surface area contributed by atoms with Gasteiger partial charge in [0.05, 0.1) is 5.69 Å². The number of benzene rings is 1. The summed E-state index contributed by atoms with van der Waals surface area (Å²) in [7, 11) is 0. The molecule has 154 valence electrons. The lowest BCUT2D eigenvalue weighted by Gasteiger charge is -1.97. The van der Waals surface area contributed by atoms with E-state index in [1.54, 1.807) is 0 Å². The number of thiazole rings is 1. The lowest BCUT2D eigenvalue weighted by molar-refractivity contribution is -0.105. The van der Waals surface area contributed by atoms with Gasteiger partial charge in [-0.1, -0.05) is 58.4 Å². The van der Waals surface area contributed by atoms with Crippen LogP contribution in [0.4, 0.5) is 5.13 Å². The lowest BCUT2D eigenvalue weighted by atomic mass is 10.1. The van der Waals surface area contributed by atoms with Crippen molar-refractivity contribution in [1.29, 1.82) is 0 Å². The quantitative estimate of drug-likeness (QED) is 0.479. The third kappa shape index (κ3) is 15.0. The molecule has 0 spiro atoms. The molecule has 0 fully saturated rings. The Balaban J connectivity index is 0. The summed E-state index contributed by atoms with van der Waals surface area (Å²) in [5, 5.41) is 5.10. The summed E-state index contributed by atoms with van der Waals surface area (Å²) in [6.07, 6.45) is 2.92. The van der Waals surface area contributed by atoms with Crippen molar-refractivity contribution in [1.82, 2.24) is 4.98 Å². The molecule has 1 aromatic carbocycles. The molecule has 1 heterocycles. The van der Waals surface area contributed by atoms with Crippen LogP contribution in [-0.4, -0.2) is 31.2 Å². The van der Waals surface area contributed by atoms with Gasteiger partial charge in [-0.05, 0) is 32.4 Å². The van der Waals surface area contributed by atoms with Gasteiger partial charge < -0.3 is 15.8 Å². The topological polar surface area (TPSA) is 77.2 Å². The second-order valence-corrected chi connectivity index (χ2v) is 6.05. The number of carbonyl (C=O) groups is 1. The minimum Gasteiger partial charge on any atom is -0.381 e. The summed E-state index contributed by atoms with van der Waals surface area (Å²) < 4.78 is 5.13. The summed E-state index contributed by atoms with van der Waals surface area (Å²) in [5.41, 5.74) is 8.02. The van der Waals surface area contributed by atoms with E-state index in [2.05, 4.69) is 30.2 Å². The maximum atomic E-state index is 10.2. The fourth-order valence-electron chi connectivity index (χ4n) is 1.72. The molecule has 0 bridgehead atoms. The van der Waals surface area contributed by atoms with Crippen LogP contribution in [0.3, 0.4) is 0 Å². The van der Waals surface area contributed by atoms with Crippen LogP contribution in [0.2, 0.25) is 0 Å². The van der Waals surface area contributed by atoms with Crippen LogP contribution in [0.25, 0.3) is 11.3 Å². The van der Waals surface area contributed by atoms with Crippen molar-refractivity contribution < 1.29 is 9.53 Å². The maximum absolute atomic E-state index is 10.2. The number of aryl methyl sites for hydroxylation is 1. The monoisotopic (exact) mass is 395 g/mol. The molecule has 3 N–H and O–H groups in total. The molecule has 0 atom stereocenters. The predicted octanol–water partition coefficient (Wildman–Crippen LogP) is 5.50. The number of nitrogens with two attached hydrogens (primary N) is 1. The fourth-order valence-corrected chi connectivity index (χ4v) is 2.40. The van der Waals surface area contributed by atoms with Crippen molar-refractivity contribution in [2.75, 3.05) is 25.1 Å². The van der Waals surface area contributed by atoms with E-state index in [0.29, 0.717) is 11.5 Å². The molecule has 1 aromatic heterocycles. The smallest absolute Gasteiger partial charge is 0.213 e. The Kier molecular flexibility index (Phi) is 20.9. The van der Waals surface area contributed by atoms with Crippen LogP contribution in [0.15, 0.2) is 29.6 Å². The molecule has 0 unspecified atom stereocenters. The average Bonchev–Trinajstić information content (AvgIpc) is 3.14. The second-order valence-electron chi connectivity index (χ2n) is 5.19. The molecule has 6 heteroatoms. The molecule has 0 radical (unpaired) electrons. The van der Waals surface area contributed by atoms with E-state index in [0.717, 1.165) is 43.9 Å². The van der Waals surface area contributed by atoms with Gasteiger partial charge in [0.15, 0.2) is 5.13 Å². The molecular weight excluding hydrogens is 358 g/mol. The number of aromatic nitrogens is 1. The standard InChI is InChI=1S/C11H10N2OS.C6H14O.C2H7N.C2H6/c1-8-3-2-4-9(5-8)10-6-15-11(13-10)12-7-14;1-3-5-7-6-4-2;1-2-3;1-2/h2-7H,1H3,(H,12,13,14);3-6H2,1-2H3;2-3H2,1H3;1-2H3. The van der Waals surface area contributed by atoms with Crippen molar-refractivity contribution in [2.45, 2.75) is 54.4 Å². The summed E-state index contributed by atoms with van der Waals surface area (Å²) >= 11 is 1.42. The minimum absolute atomic E-state index is 0.626. The molecule has 2 aromatic rings. The van der Waals surface area contributed by atoms with Gasteiger partial charge in [-0.2, -0.15) is 0 Å². The van der Waals surface area contributed by atoms with Gasteiger partial charge in [0.25, 0.3) is 0 Å². The molecule has 0 aliphatic carbocycles. The van der Waals surface area contributed by atoms with E-state index in [1.807, 2.05) is 51.3 Å². The Labute approximate surface area is 169 Å². The number of rotatable bonds is 7. The Morgan fingerprint density at radius 2 is 1.78 bits per heavy atom. The zero-order chi connectivity index (χ0) is 20.9. The van der Waals surface area contributed by atoms with E-state index >= 15 is 0 Å². The van der Waals surface area contributed by atoms with E-state index < -0.39 is 0 Å². The molecule has 0 saturated heterocycles. The Morgan fingerprint density at radius 1 is 1.19 bits per heavy atom. The zero-order valence-electron chi connectivity index (χ0n) is 17.7. The summed E-state index contributed by atoms with van der Waals surface area (Å²) in [6.45, 7) is 14.8. The first-order chi connectivity index (χ1) is 13.1. The number of anilines is 1. The van der Waals surface area contributed by atoms with Gasteiger partial charge >= 0.3 is 0 Å². The van der Waals surface area contributed by atoms with Crippen molar-refractivity contribution in [2.24, 2.45) is 5.73 Å². The van der Waals surface area contributed by atoms with E-state index in [4.69, 9.17) is 10.5 Å². The van der Waals surface area contributed by atoms with Gasteiger partial charge in [0, 0.05) is 24.2 Å². The lowest BCUT2D eigenvalue weighted by Crippen LogP contribution is -1.92. The van der Waals surface area contributed by atoms with Crippen LogP contribution in [0.5, 0.6) is 0 Å². The average molecular weight is 396 g/mol. The summed E-state index contributed by atoms with van der Waals surface area (Å²) in [6, 6.07) is 8.11. The molecular formula is C21H37N3O2S. The first-order valence-electron chi connectivity index (χ1n) is 9.63. The molecule has 1 amide bonds. The van der Waals surface area contributed by atoms with Crippen molar-refractivity contribution in [3.05, 3.63) is 35.2 Å². The Morgan fingerprint density at radius 3 is 2.26 bits per heavy atom. The van der Waals surface area contributed by atoms with E-state index in [1.165, 1.54) is 16.9 Å². The largest absolute Gasteiger partial charge is 0.381 e. The van der Waals surface area contributed by atoms with Gasteiger partial charge in [-0.25, -0.2) is 4.98 Å². The highest BCUT2D eigenvalue weighted by atomic mass is 32.1. The van der Waals surface area contributed by atoms with Crippen LogP contribution in [-0.2, 0) is 9.53 Å². The number of amides is 1. The van der Waals surface area contributed by atoms with Gasteiger partial charge in [-0.3, -0.25) is 4.79 Å². The first kappa shape index (κ1) is 27.5. The molecule has 0 saturated carbocycles. The number of ether oxygens (including phenoxy) is 1. The van der Waals surface area contributed by atoms with Crippen LogP contribution in [0, 0.1) is 6.92 Å². The van der Waals surface area contributed by atoms with Gasteiger partial charge in [0.2, 0.25) is 6.41 Å². The van der Waals surface area contributed by atoms with Crippen LogP contribution < -0.4 is 11.1 Å². The van der Waals surface area contributed by atoms with Crippen molar-refractivity contribution in [3.8, 4) is 11.3 Å². The Hall–Kier alpha value is -1.76. The molecule has 27 heavy (non-hydrogen) atoms. The number of hydrogen-bond acceptors (Lipinski definition) is 5. The molecule has 0 aliphatic rings. The first-order valence-corrected chi connectivity index (χ1v) is 10.5. The number of nitrogens with zero attached hydrogens (tertiary/aromatic N) is 1. The van der Waals surface area contributed by atoms with E-state index in [9.17, 15) is 4.79 Å². The zero-order valence-corrected chi connectivity index (χ0v) is 18.6. The fraction of sp³-hybridized carbons (Fsp3) is 0.524. The highest BCUT2D eigenvalue weighted by Gasteiger charge is 2.03. The molecule has 2 rings (SSSR count). The second kappa shape index (κ2) is 20.6. The number of nitrogens with one attached hydrogen (secondary N) is 1. The Bertz CT molecular complexity index is 570. The van der Waals surface area contributed by atoms with Crippen LogP contribution in [0.1, 0.15) is 53.0 Å². The SMILES string of the molecule is CC.CCCOCCC.CCN.Cc1cccc(-c2csc(NC=O)n2)c1. The van der Waals surface area contributed by atoms with Crippen molar-refractivity contribution >= 4 is 22.9 Å². The summed E-state index contributed by atoms with van der Waals surface area (Å²) in [5.74, 6) is 0. The van der Waals surface area contributed by atoms with Crippen LogP contribution >= 0.6 is 11.3 Å². The molecule has 5 nitrogen and oxygen atoms in total. The van der Waals surface area contributed by atoms with E-state index in [-0.39, 0.29) is 0 Å². The highest BCUT2D eigenvalue weighted by molar-refractivity contribution is 7.14. The van der Waals surface area contributed by atoms with Gasteiger partial charge in [-0.15, -0.1) is 11.3 Å². The third-order valence-corrected chi connectivity index (χ3v) is 3.47.